The normalized spacial score (nSPS) is 17.4. The Balaban J connectivity index is 1.71. The van der Waals surface area contributed by atoms with Gasteiger partial charge in [-0.15, -0.1) is 0 Å². The molecule has 1 N–H and O–H groups in total. The molecule has 4 rings (SSSR count). The highest BCUT2D eigenvalue weighted by Crippen LogP contribution is 2.31. The third-order valence-electron chi connectivity index (χ3n) is 6.00. The van der Waals surface area contributed by atoms with Crippen molar-refractivity contribution >= 4 is 15.9 Å². The Kier molecular flexibility index (Phi) is 6.13. The molecule has 0 spiro atoms. The molecule has 7 heteroatoms. The number of nitrogens with zero attached hydrogens (tertiary/aromatic N) is 2. The van der Waals surface area contributed by atoms with Gasteiger partial charge in [-0.1, -0.05) is 36.4 Å². The van der Waals surface area contributed by atoms with Gasteiger partial charge in [-0.2, -0.15) is 4.31 Å². The number of pyridine rings is 1. The van der Waals surface area contributed by atoms with Crippen LogP contribution in [0.15, 0.2) is 71.9 Å². The maximum atomic E-state index is 13.8. The van der Waals surface area contributed by atoms with Crippen LogP contribution in [0, 0.1) is 13.8 Å². The maximum Gasteiger partial charge on any atom is 0.244 e. The first-order chi connectivity index (χ1) is 15.3. The second-order valence-electron chi connectivity index (χ2n) is 8.32. The number of carbonyl (C=O) groups excluding carboxylic acids is 1. The number of nitrogens with one attached hydrogen (secondary N) is 1. The molecule has 1 aromatic heterocycles. The van der Waals surface area contributed by atoms with Crippen molar-refractivity contribution in [1.29, 1.82) is 0 Å². The van der Waals surface area contributed by atoms with E-state index in [9.17, 15) is 13.2 Å². The average Bonchev–Trinajstić information content (AvgIpc) is 2.80. The van der Waals surface area contributed by atoms with Crippen LogP contribution in [0.5, 0.6) is 0 Å². The Bertz CT molecular complexity index is 1240. The van der Waals surface area contributed by atoms with Crippen molar-refractivity contribution in [3.05, 3.63) is 94.8 Å². The summed E-state index contributed by atoms with van der Waals surface area (Å²) < 4.78 is 28.9. The van der Waals surface area contributed by atoms with Crippen molar-refractivity contribution in [2.75, 3.05) is 0 Å². The van der Waals surface area contributed by atoms with Gasteiger partial charge in [-0.05, 0) is 73.2 Å². The fraction of sp³-hybridized carbons (Fsp3) is 0.280. The molecule has 1 aliphatic heterocycles. The molecule has 1 aliphatic rings. The van der Waals surface area contributed by atoms with Gasteiger partial charge in [0.2, 0.25) is 15.9 Å². The quantitative estimate of drug-likeness (QED) is 0.644. The van der Waals surface area contributed by atoms with Crippen LogP contribution in [-0.4, -0.2) is 29.7 Å². The zero-order valence-corrected chi connectivity index (χ0v) is 19.3. The van der Waals surface area contributed by atoms with Crippen molar-refractivity contribution in [1.82, 2.24) is 14.6 Å². The van der Waals surface area contributed by atoms with E-state index in [4.69, 9.17) is 0 Å². The van der Waals surface area contributed by atoms with Gasteiger partial charge in [0.05, 0.1) is 10.9 Å². The number of benzene rings is 2. The minimum atomic E-state index is -3.89. The topological polar surface area (TPSA) is 79.4 Å². The lowest BCUT2D eigenvalue weighted by Crippen LogP contribution is -2.52. The second kappa shape index (κ2) is 8.84. The van der Waals surface area contributed by atoms with Crippen LogP contribution in [0.1, 0.15) is 40.8 Å². The standard InChI is InChI=1S/C25H27N3O3S/c1-17-8-9-18(2)24(14-17)32(30,31)28-16-22-7-5-4-6-21(22)15-23(28)25(29)27-19(3)20-10-12-26-13-11-20/h4-14,19,23H,15-16H2,1-3H3,(H,27,29). The van der Waals surface area contributed by atoms with Gasteiger partial charge in [0.25, 0.3) is 0 Å². The fourth-order valence-corrected chi connectivity index (χ4v) is 6.01. The highest BCUT2D eigenvalue weighted by atomic mass is 32.2. The van der Waals surface area contributed by atoms with Gasteiger partial charge in [0.15, 0.2) is 0 Å². The SMILES string of the molecule is Cc1ccc(C)c(S(=O)(=O)N2Cc3ccccc3CC2C(=O)NC(C)c2ccncc2)c1. The highest BCUT2D eigenvalue weighted by molar-refractivity contribution is 7.89. The molecular formula is C25H27N3O3S. The monoisotopic (exact) mass is 449 g/mol. The van der Waals surface area contributed by atoms with E-state index in [1.165, 1.54) is 4.31 Å². The van der Waals surface area contributed by atoms with E-state index in [1.54, 1.807) is 31.5 Å². The molecule has 0 radical (unpaired) electrons. The van der Waals surface area contributed by atoms with E-state index >= 15 is 0 Å². The van der Waals surface area contributed by atoms with Crippen molar-refractivity contribution in [3.63, 3.8) is 0 Å². The van der Waals surface area contributed by atoms with Crippen LogP contribution < -0.4 is 5.32 Å². The molecule has 2 unspecified atom stereocenters. The molecule has 3 aromatic rings. The molecule has 0 saturated carbocycles. The third-order valence-corrected chi connectivity index (χ3v) is 8.00. The lowest BCUT2D eigenvalue weighted by atomic mass is 9.95. The maximum absolute atomic E-state index is 13.8. The summed E-state index contributed by atoms with van der Waals surface area (Å²) in [6, 6.07) is 15.7. The van der Waals surface area contributed by atoms with E-state index in [2.05, 4.69) is 10.3 Å². The molecule has 32 heavy (non-hydrogen) atoms. The molecule has 0 bridgehead atoms. The van der Waals surface area contributed by atoms with Crippen LogP contribution in [0.2, 0.25) is 0 Å². The van der Waals surface area contributed by atoms with Crippen molar-refractivity contribution in [2.24, 2.45) is 0 Å². The first-order valence-corrected chi connectivity index (χ1v) is 12.1. The molecule has 6 nitrogen and oxygen atoms in total. The number of amides is 1. The molecule has 1 amide bonds. The smallest absolute Gasteiger partial charge is 0.244 e. The zero-order chi connectivity index (χ0) is 22.9. The zero-order valence-electron chi connectivity index (χ0n) is 18.4. The van der Waals surface area contributed by atoms with Crippen LogP contribution >= 0.6 is 0 Å². The van der Waals surface area contributed by atoms with E-state index in [0.29, 0.717) is 12.0 Å². The predicted octanol–water partition coefficient (Wildman–Crippen LogP) is 3.69. The van der Waals surface area contributed by atoms with Crippen LogP contribution in [0.3, 0.4) is 0 Å². The Morgan fingerprint density at radius 2 is 1.75 bits per heavy atom. The molecule has 166 valence electrons. The predicted molar refractivity (Wildman–Crippen MR) is 123 cm³/mol. The van der Waals surface area contributed by atoms with Crippen LogP contribution in [-0.2, 0) is 27.8 Å². The van der Waals surface area contributed by atoms with E-state index in [0.717, 1.165) is 22.3 Å². The molecule has 0 fully saturated rings. The molecular weight excluding hydrogens is 422 g/mol. The van der Waals surface area contributed by atoms with Crippen molar-refractivity contribution < 1.29 is 13.2 Å². The molecule has 2 heterocycles. The Hall–Kier alpha value is -3.03. The van der Waals surface area contributed by atoms with Crippen molar-refractivity contribution in [2.45, 2.75) is 50.7 Å². The van der Waals surface area contributed by atoms with Gasteiger partial charge < -0.3 is 5.32 Å². The lowest BCUT2D eigenvalue weighted by molar-refractivity contribution is -0.125. The summed E-state index contributed by atoms with van der Waals surface area (Å²) in [5.74, 6) is -0.308. The minimum Gasteiger partial charge on any atom is -0.348 e. The van der Waals surface area contributed by atoms with E-state index in [1.807, 2.05) is 56.3 Å². The summed E-state index contributed by atoms with van der Waals surface area (Å²) in [6.45, 7) is 5.69. The molecule has 0 aliphatic carbocycles. The van der Waals surface area contributed by atoms with Gasteiger partial charge in [0.1, 0.15) is 6.04 Å². The number of carbonyl (C=O) groups is 1. The number of aromatic nitrogens is 1. The van der Waals surface area contributed by atoms with Gasteiger partial charge in [0, 0.05) is 18.9 Å². The molecule has 2 atom stereocenters. The first kappa shape index (κ1) is 22.2. The summed E-state index contributed by atoms with van der Waals surface area (Å²) >= 11 is 0. The van der Waals surface area contributed by atoms with E-state index in [-0.39, 0.29) is 23.4 Å². The fourth-order valence-electron chi connectivity index (χ4n) is 4.13. The number of aryl methyl sites for hydroxylation is 2. The average molecular weight is 450 g/mol. The number of rotatable bonds is 5. The number of fused-ring (bicyclic) bond motifs is 1. The summed E-state index contributed by atoms with van der Waals surface area (Å²) in [5, 5.41) is 3.00. The number of sulfonamides is 1. The van der Waals surface area contributed by atoms with Gasteiger partial charge in [-0.25, -0.2) is 8.42 Å². The minimum absolute atomic E-state index is 0.160. The Morgan fingerprint density at radius 3 is 2.47 bits per heavy atom. The largest absolute Gasteiger partial charge is 0.348 e. The number of hydrogen-bond donors (Lipinski definition) is 1. The van der Waals surface area contributed by atoms with E-state index < -0.39 is 16.1 Å². The van der Waals surface area contributed by atoms with Crippen LogP contribution in [0.4, 0.5) is 0 Å². The van der Waals surface area contributed by atoms with Gasteiger partial charge >= 0.3 is 0 Å². The first-order valence-electron chi connectivity index (χ1n) is 10.6. The third kappa shape index (κ3) is 4.31. The summed E-state index contributed by atoms with van der Waals surface area (Å²) in [4.78, 5) is 17.7. The van der Waals surface area contributed by atoms with Gasteiger partial charge in [-0.3, -0.25) is 9.78 Å². The Morgan fingerprint density at radius 1 is 1.06 bits per heavy atom. The summed E-state index contributed by atoms with van der Waals surface area (Å²) in [6.07, 6.45) is 3.67. The second-order valence-corrected chi connectivity index (χ2v) is 10.2. The Labute approximate surface area is 189 Å². The van der Waals surface area contributed by atoms with Crippen molar-refractivity contribution in [3.8, 4) is 0 Å². The summed E-state index contributed by atoms with van der Waals surface area (Å²) in [5.41, 5.74) is 4.36. The van der Waals surface area contributed by atoms with Crippen LogP contribution in [0.25, 0.3) is 0 Å². The molecule has 0 saturated heterocycles. The summed E-state index contributed by atoms with van der Waals surface area (Å²) in [7, 11) is -3.89. The molecule has 2 aromatic carbocycles. The number of hydrogen-bond acceptors (Lipinski definition) is 4. The lowest BCUT2D eigenvalue weighted by Gasteiger charge is -2.36. The highest BCUT2D eigenvalue weighted by Gasteiger charge is 2.40.